The number of carbonyl (C=O) groups is 1. The van der Waals surface area contributed by atoms with Crippen LogP contribution in [0.1, 0.15) is 35.5 Å². The van der Waals surface area contributed by atoms with Crippen LogP contribution in [0.4, 0.5) is 0 Å². The number of hydrogen-bond donors (Lipinski definition) is 2. The van der Waals surface area contributed by atoms with Gasteiger partial charge in [0.15, 0.2) is 0 Å². The molecule has 0 aliphatic carbocycles. The number of nitrogens with zero attached hydrogens (tertiary/aromatic N) is 1. The largest absolute Gasteiger partial charge is 0.481 e. The summed E-state index contributed by atoms with van der Waals surface area (Å²) in [5, 5.41) is 9.31. The van der Waals surface area contributed by atoms with Crippen molar-refractivity contribution in [2.24, 2.45) is 0 Å². The zero-order chi connectivity index (χ0) is 14.8. The van der Waals surface area contributed by atoms with Crippen molar-refractivity contribution in [3.63, 3.8) is 0 Å². The first-order chi connectivity index (χ1) is 10.1. The zero-order valence-corrected chi connectivity index (χ0v) is 12.3. The van der Waals surface area contributed by atoms with Crippen molar-refractivity contribution in [3.05, 3.63) is 26.6 Å². The molecule has 1 aliphatic heterocycles. The average molecular weight is 308 g/mol. The summed E-state index contributed by atoms with van der Waals surface area (Å²) in [5.74, 6) is -0.157. The van der Waals surface area contributed by atoms with E-state index in [4.69, 9.17) is 9.84 Å². The van der Waals surface area contributed by atoms with Crippen LogP contribution in [0.5, 0.6) is 0 Å². The summed E-state index contributed by atoms with van der Waals surface area (Å²) in [6.45, 7) is 1.21. The fraction of sp³-hybridized carbons (Fsp3) is 0.500. The number of aromatic nitrogens is 2. The SMILES string of the molecule is O=C(O)CCCCc1nc2sc3c(c2c(=O)[nH]1)CCOC3. The second kappa shape index (κ2) is 5.95. The maximum atomic E-state index is 12.2. The van der Waals surface area contributed by atoms with E-state index in [2.05, 4.69) is 9.97 Å². The Kier molecular flexibility index (Phi) is 4.03. The third kappa shape index (κ3) is 2.98. The van der Waals surface area contributed by atoms with E-state index in [0.717, 1.165) is 21.7 Å². The lowest BCUT2D eigenvalue weighted by Crippen LogP contribution is -2.14. The number of rotatable bonds is 5. The van der Waals surface area contributed by atoms with Crippen LogP contribution in [0.2, 0.25) is 0 Å². The van der Waals surface area contributed by atoms with Gasteiger partial charge < -0.3 is 14.8 Å². The second-order valence-electron chi connectivity index (χ2n) is 5.10. The highest BCUT2D eigenvalue weighted by Gasteiger charge is 2.20. The summed E-state index contributed by atoms with van der Waals surface area (Å²) >= 11 is 1.52. The Balaban J connectivity index is 1.82. The minimum absolute atomic E-state index is 0.0902. The number of carboxylic acids is 1. The molecule has 2 aromatic heterocycles. The van der Waals surface area contributed by atoms with Crippen LogP contribution in [0.3, 0.4) is 0 Å². The third-order valence-electron chi connectivity index (χ3n) is 3.58. The van der Waals surface area contributed by atoms with Gasteiger partial charge in [-0.1, -0.05) is 0 Å². The Bertz CT molecular complexity index is 734. The van der Waals surface area contributed by atoms with Gasteiger partial charge >= 0.3 is 5.97 Å². The lowest BCUT2D eigenvalue weighted by molar-refractivity contribution is -0.137. The number of H-pyrrole nitrogens is 1. The van der Waals surface area contributed by atoms with Crippen molar-refractivity contribution >= 4 is 27.5 Å². The number of aromatic amines is 1. The highest BCUT2D eigenvalue weighted by molar-refractivity contribution is 7.18. The van der Waals surface area contributed by atoms with Gasteiger partial charge in [0.1, 0.15) is 10.7 Å². The summed E-state index contributed by atoms with van der Waals surface area (Å²) in [5.41, 5.74) is 0.986. The summed E-state index contributed by atoms with van der Waals surface area (Å²) in [4.78, 5) is 31.9. The van der Waals surface area contributed by atoms with Gasteiger partial charge in [0, 0.05) is 17.7 Å². The van der Waals surface area contributed by atoms with Crippen molar-refractivity contribution in [1.82, 2.24) is 9.97 Å². The molecule has 0 saturated carbocycles. The van der Waals surface area contributed by atoms with E-state index in [1.165, 1.54) is 11.3 Å². The van der Waals surface area contributed by atoms with Gasteiger partial charge in [0.25, 0.3) is 5.56 Å². The molecule has 0 saturated heterocycles. The predicted molar refractivity (Wildman–Crippen MR) is 78.8 cm³/mol. The van der Waals surface area contributed by atoms with Gasteiger partial charge in [0.05, 0.1) is 18.6 Å². The first-order valence-electron chi connectivity index (χ1n) is 6.98. The van der Waals surface area contributed by atoms with E-state index in [-0.39, 0.29) is 12.0 Å². The second-order valence-corrected chi connectivity index (χ2v) is 6.18. The number of aryl methyl sites for hydroxylation is 1. The van der Waals surface area contributed by atoms with Crippen LogP contribution in [0.15, 0.2) is 4.79 Å². The first-order valence-corrected chi connectivity index (χ1v) is 7.80. The number of nitrogens with one attached hydrogen (secondary N) is 1. The lowest BCUT2D eigenvalue weighted by Gasteiger charge is -2.10. The Morgan fingerprint density at radius 2 is 2.29 bits per heavy atom. The van der Waals surface area contributed by atoms with Crippen LogP contribution in [-0.2, 0) is 29.0 Å². The number of aliphatic carboxylic acids is 1. The van der Waals surface area contributed by atoms with Crippen LogP contribution >= 0.6 is 11.3 Å². The minimum Gasteiger partial charge on any atom is -0.481 e. The summed E-state index contributed by atoms with van der Waals surface area (Å²) in [6, 6.07) is 0. The number of thiophene rings is 1. The fourth-order valence-corrected chi connectivity index (χ4v) is 3.74. The predicted octanol–water partition coefficient (Wildman–Crippen LogP) is 1.85. The van der Waals surface area contributed by atoms with E-state index in [1.807, 2.05) is 0 Å². The maximum absolute atomic E-state index is 12.2. The van der Waals surface area contributed by atoms with Gasteiger partial charge in [-0.25, -0.2) is 4.98 Å². The molecule has 112 valence electrons. The van der Waals surface area contributed by atoms with E-state index in [1.54, 1.807) is 0 Å². The quantitative estimate of drug-likeness (QED) is 0.822. The Morgan fingerprint density at radius 1 is 1.43 bits per heavy atom. The highest BCUT2D eigenvalue weighted by atomic mass is 32.1. The van der Waals surface area contributed by atoms with Gasteiger partial charge in [-0.2, -0.15) is 0 Å². The number of fused-ring (bicyclic) bond motifs is 3. The van der Waals surface area contributed by atoms with Gasteiger partial charge in [0.2, 0.25) is 0 Å². The number of hydrogen-bond acceptors (Lipinski definition) is 5. The molecule has 0 aromatic carbocycles. The molecule has 0 atom stereocenters. The van der Waals surface area contributed by atoms with Crippen molar-refractivity contribution in [2.75, 3.05) is 6.61 Å². The molecule has 2 N–H and O–H groups in total. The van der Waals surface area contributed by atoms with Crippen LogP contribution in [0.25, 0.3) is 10.2 Å². The maximum Gasteiger partial charge on any atom is 0.303 e. The monoisotopic (exact) mass is 308 g/mol. The summed E-state index contributed by atoms with van der Waals surface area (Å²) in [6.07, 6.45) is 2.80. The van der Waals surface area contributed by atoms with Crippen LogP contribution in [0, 0.1) is 0 Å². The molecule has 0 fully saturated rings. The van der Waals surface area contributed by atoms with Crippen LogP contribution in [-0.4, -0.2) is 27.7 Å². The van der Waals surface area contributed by atoms with Gasteiger partial charge in [-0.3, -0.25) is 9.59 Å². The van der Waals surface area contributed by atoms with Crippen LogP contribution < -0.4 is 5.56 Å². The molecule has 6 nitrogen and oxygen atoms in total. The summed E-state index contributed by atoms with van der Waals surface area (Å²) in [7, 11) is 0. The molecule has 0 spiro atoms. The van der Waals surface area contributed by atoms with E-state index in [9.17, 15) is 9.59 Å². The van der Waals surface area contributed by atoms with E-state index < -0.39 is 5.97 Å². The minimum atomic E-state index is -0.794. The molecule has 2 aromatic rings. The summed E-state index contributed by atoms with van der Waals surface area (Å²) < 4.78 is 5.41. The Labute approximate surface area is 124 Å². The molecule has 7 heteroatoms. The number of carboxylic acid groups (broad SMARTS) is 1. The molecule has 3 rings (SSSR count). The molecule has 21 heavy (non-hydrogen) atoms. The molecule has 1 aliphatic rings. The molecule has 0 amide bonds. The lowest BCUT2D eigenvalue weighted by atomic mass is 10.1. The van der Waals surface area contributed by atoms with Gasteiger partial charge in [-0.15, -0.1) is 11.3 Å². The zero-order valence-electron chi connectivity index (χ0n) is 11.5. The van der Waals surface area contributed by atoms with Crippen molar-refractivity contribution < 1.29 is 14.6 Å². The van der Waals surface area contributed by atoms with Gasteiger partial charge in [-0.05, 0) is 24.8 Å². The highest BCUT2D eigenvalue weighted by Crippen LogP contribution is 2.31. The molecular weight excluding hydrogens is 292 g/mol. The molecule has 3 heterocycles. The van der Waals surface area contributed by atoms with Crippen molar-refractivity contribution in [3.8, 4) is 0 Å². The standard InChI is InChI=1S/C14H16N2O4S/c17-11(18)4-2-1-3-10-15-13(19)12-8-5-6-20-7-9(8)21-14(12)16-10/h1-7H2,(H,17,18)(H,15,16,19). The van der Waals surface area contributed by atoms with Crippen molar-refractivity contribution in [2.45, 2.75) is 38.7 Å². The smallest absolute Gasteiger partial charge is 0.303 e. The molecule has 0 bridgehead atoms. The Hall–Kier alpha value is -1.73. The molecular formula is C14H16N2O4S. The van der Waals surface area contributed by atoms with E-state index >= 15 is 0 Å². The normalized spacial score (nSPS) is 14.3. The Morgan fingerprint density at radius 3 is 3.10 bits per heavy atom. The third-order valence-corrected chi connectivity index (χ3v) is 4.68. The average Bonchev–Trinajstić information content (AvgIpc) is 2.82. The van der Waals surface area contributed by atoms with E-state index in [0.29, 0.717) is 43.7 Å². The van der Waals surface area contributed by atoms with Crippen molar-refractivity contribution in [1.29, 1.82) is 0 Å². The molecule has 0 unspecified atom stereocenters. The number of ether oxygens (including phenoxy) is 1. The first kappa shape index (κ1) is 14.2. The topological polar surface area (TPSA) is 92.3 Å². The number of unbranched alkanes of at least 4 members (excludes halogenated alkanes) is 1. The molecule has 0 radical (unpaired) electrons. The fourth-order valence-electron chi connectivity index (χ4n) is 2.56.